The van der Waals surface area contributed by atoms with E-state index in [2.05, 4.69) is 10.3 Å². The molecule has 0 aliphatic carbocycles. The molecule has 0 unspecified atom stereocenters. The van der Waals surface area contributed by atoms with Gasteiger partial charge in [0.1, 0.15) is 5.82 Å². The fourth-order valence-corrected chi connectivity index (χ4v) is 3.00. The van der Waals surface area contributed by atoms with E-state index in [0.29, 0.717) is 5.69 Å². The highest BCUT2D eigenvalue weighted by atomic mass is 19.1. The summed E-state index contributed by atoms with van der Waals surface area (Å²) in [6, 6.07) is 14.1. The van der Waals surface area contributed by atoms with Gasteiger partial charge in [-0.05, 0) is 30.3 Å². The second kappa shape index (κ2) is 6.49. The molecule has 0 fully saturated rings. The quantitative estimate of drug-likeness (QED) is 0.443. The van der Waals surface area contributed by atoms with Gasteiger partial charge in [0.15, 0.2) is 0 Å². The predicted octanol–water partition coefficient (Wildman–Crippen LogP) is 3.46. The van der Waals surface area contributed by atoms with Gasteiger partial charge in [-0.1, -0.05) is 12.1 Å². The van der Waals surface area contributed by atoms with Crippen LogP contribution in [-0.4, -0.2) is 20.2 Å². The maximum atomic E-state index is 13.6. The van der Waals surface area contributed by atoms with Crippen LogP contribution in [0.4, 0.5) is 10.1 Å². The molecule has 1 N–H and O–H groups in total. The van der Waals surface area contributed by atoms with Gasteiger partial charge in [0.05, 0.1) is 39.8 Å². The number of hydrogen-bond donors (Lipinski definition) is 1. The van der Waals surface area contributed by atoms with Gasteiger partial charge in [-0.2, -0.15) is 0 Å². The first kappa shape index (κ1) is 16.6. The van der Waals surface area contributed by atoms with Crippen molar-refractivity contribution < 1.29 is 14.1 Å². The van der Waals surface area contributed by atoms with Crippen molar-refractivity contribution in [3.63, 3.8) is 0 Å². The number of aromatic nitrogens is 2. The summed E-state index contributed by atoms with van der Waals surface area (Å²) < 4.78 is 15.5. The van der Waals surface area contributed by atoms with E-state index in [9.17, 15) is 19.3 Å². The Morgan fingerprint density at radius 3 is 2.74 bits per heavy atom. The molecule has 4 rings (SSSR count). The number of carbonyl (C=O) groups excluding carboxylic acids is 1. The third-order valence-corrected chi connectivity index (χ3v) is 4.21. The van der Waals surface area contributed by atoms with Gasteiger partial charge in [-0.3, -0.25) is 14.9 Å². The first-order chi connectivity index (χ1) is 13.0. The molecule has 8 heteroatoms. The highest BCUT2D eigenvalue weighted by molar-refractivity contribution is 5.95. The summed E-state index contributed by atoms with van der Waals surface area (Å²) in [5.41, 5.74) is 2.59. The molecule has 0 bridgehead atoms. The number of nitrogens with zero attached hydrogens (tertiary/aromatic N) is 3. The number of nitrogens with one attached hydrogen (secondary N) is 1. The Morgan fingerprint density at radius 1 is 1.15 bits per heavy atom. The molecule has 0 saturated carbocycles. The summed E-state index contributed by atoms with van der Waals surface area (Å²) >= 11 is 0. The van der Waals surface area contributed by atoms with Crippen molar-refractivity contribution in [2.24, 2.45) is 0 Å². The number of amides is 1. The van der Waals surface area contributed by atoms with Gasteiger partial charge < -0.3 is 9.72 Å². The van der Waals surface area contributed by atoms with Crippen molar-refractivity contribution >= 4 is 28.1 Å². The predicted molar refractivity (Wildman–Crippen MR) is 96.9 cm³/mol. The Bertz CT molecular complexity index is 1200. The van der Waals surface area contributed by atoms with Gasteiger partial charge in [0.2, 0.25) is 0 Å². The number of non-ortho nitro benzene ring substituents is 1. The summed E-state index contributed by atoms with van der Waals surface area (Å²) in [4.78, 5) is 27.0. The monoisotopic (exact) mass is 364 g/mol. The Kier molecular flexibility index (Phi) is 4.00. The van der Waals surface area contributed by atoms with Gasteiger partial charge in [-0.15, -0.1) is 0 Å². The molecular weight excluding hydrogens is 351 g/mol. The van der Waals surface area contributed by atoms with Crippen LogP contribution in [0.2, 0.25) is 0 Å². The third kappa shape index (κ3) is 3.08. The maximum Gasteiger partial charge on any atom is 0.273 e. The van der Waals surface area contributed by atoms with Crippen LogP contribution in [0, 0.1) is 15.9 Å². The molecule has 0 radical (unpaired) electrons. The number of nitro benzene ring substituents is 1. The van der Waals surface area contributed by atoms with Gasteiger partial charge >= 0.3 is 0 Å². The second-order valence-electron chi connectivity index (χ2n) is 5.95. The lowest BCUT2D eigenvalue weighted by molar-refractivity contribution is -0.385. The van der Waals surface area contributed by atoms with Gasteiger partial charge in [0.25, 0.3) is 11.6 Å². The van der Waals surface area contributed by atoms with Crippen LogP contribution in [0.15, 0.2) is 60.8 Å². The number of para-hydroxylation sites is 2. The van der Waals surface area contributed by atoms with Crippen molar-refractivity contribution in [1.82, 2.24) is 14.7 Å². The Labute approximate surface area is 152 Å². The van der Waals surface area contributed by atoms with Crippen molar-refractivity contribution in [3.05, 3.63) is 88.0 Å². The van der Waals surface area contributed by atoms with Crippen molar-refractivity contribution in [1.29, 1.82) is 0 Å². The minimum absolute atomic E-state index is 0.0987. The molecule has 2 heterocycles. The number of rotatable bonds is 4. The average molecular weight is 364 g/mol. The Balaban J connectivity index is 1.64. The van der Waals surface area contributed by atoms with E-state index in [1.165, 1.54) is 0 Å². The topological polar surface area (TPSA) is 89.5 Å². The summed E-state index contributed by atoms with van der Waals surface area (Å²) in [6.45, 7) is 0.0987. The second-order valence-corrected chi connectivity index (χ2v) is 5.95. The lowest BCUT2D eigenvalue weighted by Crippen LogP contribution is -2.24. The summed E-state index contributed by atoms with van der Waals surface area (Å²) in [6.07, 6.45) is 1.90. The fraction of sp³-hybridized carbons (Fsp3) is 0.0526. The first-order valence-corrected chi connectivity index (χ1v) is 8.11. The molecule has 4 aromatic rings. The maximum absolute atomic E-state index is 13.6. The van der Waals surface area contributed by atoms with Gasteiger partial charge in [0, 0.05) is 17.8 Å². The molecule has 0 spiro atoms. The first-order valence-electron chi connectivity index (χ1n) is 8.11. The number of halogens is 1. The zero-order chi connectivity index (χ0) is 19.0. The largest absolute Gasteiger partial charge is 0.346 e. The fourth-order valence-electron chi connectivity index (χ4n) is 3.00. The molecule has 0 aliphatic rings. The average Bonchev–Trinajstić information content (AvgIpc) is 3.15. The van der Waals surface area contributed by atoms with Crippen LogP contribution >= 0.6 is 0 Å². The van der Waals surface area contributed by atoms with Crippen LogP contribution in [0.1, 0.15) is 16.1 Å². The van der Waals surface area contributed by atoms with E-state index in [4.69, 9.17) is 0 Å². The van der Waals surface area contributed by atoms with E-state index in [1.807, 2.05) is 47.0 Å². The van der Waals surface area contributed by atoms with Crippen molar-refractivity contribution in [3.8, 4) is 0 Å². The number of fused-ring (bicyclic) bond motifs is 3. The summed E-state index contributed by atoms with van der Waals surface area (Å²) in [5.74, 6) is -1.45. The van der Waals surface area contributed by atoms with Crippen LogP contribution in [0.5, 0.6) is 0 Å². The van der Waals surface area contributed by atoms with E-state index in [0.717, 1.165) is 34.7 Å². The standard InChI is InChI=1S/C19H13FN4O3/c20-13-8-12(9-14(10-13)24(26)27)19(25)21-11-16-18-6-3-7-23(18)17-5-2-1-4-15(17)22-16/h1-10H,11H2,(H,21,25). The molecule has 2 aromatic heterocycles. The van der Waals surface area contributed by atoms with Crippen LogP contribution in [0.3, 0.4) is 0 Å². The SMILES string of the molecule is O=C(NCc1nc2ccccc2n2cccc12)c1cc(F)cc([N+](=O)[O-])c1. The minimum atomic E-state index is -0.841. The number of nitro groups is 1. The Hall–Kier alpha value is -3.81. The van der Waals surface area contributed by atoms with Crippen LogP contribution in [-0.2, 0) is 6.54 Å². The molecule has 7 nitrogen and oxygen atoms in total. The van der Waals surface area contributed by atoms with E-state index in [1.54, 1.807) is 0 Å². The molecular formula is C19H13FN4O3. The van der Waals surface area contributed by atoms with Gasteiger partial charge in [-0.25, -0.2) is 9.37 Å². The highest BCUT2D eigenvalue weighted by Crippen LogP contribution is 2.19. The molecule has 2 aromatic carbocycles. The third-order valence-electron chi connectivity index (χ3n) is 4.21. The zero-order valence-electron chi connectivity index (χ0n) is 13.9. The highest BCUT2D eigenvalue weighted by Gasteiger charge is 2.15. The molecule has 0 atom stereocenters. The molecule has 0 saturated heterocycles. The molecule has 27 heavy (non-hydrogen) atoms. The lowest BCUT2D eigenvalue weighted by atomic mass is 10.2. The van der Waals surface area contributed by atoms with E-state index < -0.39 is 22.3 Å². The number of carbonyl (C=O) groups is 1. The molecule has 134 valence electrons. The molecule has 0 aliphatic heterocycles. The molecule has 1 amide bonds. The van der Waals surface area contributed by atoms with Crippen molar-refractivity contribution in [2.45, 2.75) is 6.54 Å². The Morgan fingerprint density at radius 2 is 1.93 bits per heavy atom. The zero-order valence-corrected chi connectivity index (χ0v) is 13.9. The van der Waals surface area contributed by atoms with Crippen LogP contribution < -0.4 is 5.32 Å². The summed E-state index contributed by atoms with van der Waals surface area (Å²) in [5, 5.41) is 13.5. The minimum Gasteiger partial charge on any atom is -0.346 e. The number of benzene rings is 2. The lowest BCUT2D eigenvalue weighted by Gasteiger charge is -2.10. The van der Waals surface area contributed by atoms with E-state index >= 15 is 0 Å². The normalized spacial score (nSPS) is 11.0. The van der Waals surface area contributed by atoms with Crippen molar-refractivity contribution in [2.75, 3.05) is 0 Å². The number of hydrogen-bond acceptors (Lipinski definition) is 4. The summed E-state index contributed by atoms with van der Waals surface area (Å²) in [7, 11) is 0. The van der Waals surface area contributed by atoms with Crippen LogP contribution in [0.25, 0.3) is 16.6 Å². The smallest absolute Gasteiger partial charge is 0.273 e. The van der Waals surface area contributed by atoms with E-state index in [-0.39, 0.29) is 12.1 Å².